The molecule has 1 amide bonds. The molecule has 1 atom stereocenters. The third-order valence-corrected chi connectivity index (χ3v) is 6.15. The maximum absolute atomic E-state index is 13.6. The van der Waals surface area contributed by atoms with Crippen LogP contribution in [0.4, 0.5) is 29.3 Å². The summed E-state index contributed by atoms with van der Waals surface area (Å²) in [6.07, 6.45) is -5.83. The second kappa shape index (κ2) is 8.28. The van der Waals surface area contributed by atoms with E-state index in [2.05, 4.69) is 0 Å². The highest BCUT2D eigenvalue weighted by atomic mass is 19.4. The molecule has 0 bridgehead atoms. The van der Waals surface area contributed by atoms with Crippen molar-refractivity contribution >= 4 is 23.3 Å². The van der Waals surface area contributed by atoms with Gasteiger partial charge in [0.25, 0.3) is 0 Å². The van der Waals surface area contributed by atoms with E-state index in [1.807, 2.05) is 35.2 Å². The number of rotatable bonds is 6. The Morgan fingerprint density at radius 3 is 2.36 bits per heavy atom. The number of Topliss-reactive ketones (excluding diaryl/α,β-unsaturated/α-hetero) is 1. The van der Waals surface area contributed by atoms with Crippen LogP contribution in [-0.4, -0.2) is 36.2 Å². The van der Waals surface area contributed by atoms with Gasteiger partial charge in [-0.15, -0.1) is 0 Å². The second-order valence-corrected chi connectivity index (χ2v) is 8.96. The van der Waals surface area contributed by atoms with Crippen molar-refractivity contribution in [3.05, 3.63) is 54.1 Å². The molecule has 1 fully saturated rings. The first-order valence-electron chi connectivity index (χ1n) is 10.7. The number of benzene rings is 2. The Morgan fingerprint density at radius 1 is 1.12 bits per heavy atom. The number of hydrogen-bond acceptors (Lipinski definition) is 5. The van der Waals surface area contributed by atoms with Crippen LogP contribution >= 0.6 is 0 Å². The number of amides is 1. The minimum absolute atomic E-state index is 0.0114. The summed E-state index contributed by atoms with van der Waals surface area (Å²) in [5, 5.41) is 11.8. The Kier molecular flexibility index (Phi) is 5.76. The molecule has 33 heavy (non-hydrogen) atoms. The van der Waals surface area contributed by atoms with Crippen LogP contribution in [-0.2, 0) is 11.3 Å². The van der Waals surface area contributed by atoms with Gasteiger partial charge in [0, 0.05) is 18.2 Å². The summed E-state index contributed by atoms with van der Waals surface area (Å²) in [6.45, 7) is 2.16. The van der Waals surface area contributed by atoms with Crippen molar-refractivity contribution in [1.82, 2.24) is 0 Å². The normalized spacial score (nSPS) is 18.3. The maximum atomic E-state index is 13.6. The van der Waals surface area contributed by atoms with Crippen molar-refractivity contribution in [3.63, 3.8) is 0 Å². The molecule has 2 aromatic carbocycles. The summed E-state index contributed by atoms with van der Waals surface area (Å²) in [5.41, 5.74) is -1.56. The van der Waals surface area contributed by atoms with Gasteiger partial charge in [0.05, 0.1) is 12.2 Å². The van der Waals surface area contributed by atoms with Gasteiger partial charge in [-0.3, -0.25) is 4.79 Å². The number of hydrogen-bond donors (Lipinski definition) is 0. The lowest BCUT2D eigenvalue weighted by Crippen LogP contribution is -2.60. The molecule has 0 radical (unpaired) electrons. The molecule has 4 rings (SSSR count). The van der Waals surface area contributed by atoms with Gasteiger partial charge in [0.15, 0.2) is 11.9 Å². The number of carbonyl (C=O) groups excluding carboxylic acids is 2. The Morgan fingerprint density at radius 2 is 1.79 bits per heavy atom. The molecule has 1 saturated carbocycles. The van der Waals surface area contributed by atoms with Gasteiger partial charge in [0.1, 0.15) is 17.4 Å². The van der Waals surface area contributed by atoms with Crippen LogP contribution in [0.25, 0.3) is 0 Å². The van der Waals surface area contributed by atoms with Crippen molar-refractivity contribution in [2.24, 2.45) is 5.92 Å². The monoisotopic (exact) mass is 461 g/mol. The van der Waals surface area contributed by atoms with Crippen LogP contribution in [0.2, 0.25) is 0 Å². The molecule has 0 aromatic heterocycles. The Labute approximate surface area is 189 Å². The molecule has 176 valence electrons. The minimum Gasteiger partial charge on any atom is -0.530 e. The highest BCUT2D eigenvalue weighted by Crippen LogP contribution is 2.43. The van der Waals surface area contributed by atoms with Crippen molar-refractivity contribution in [3.8, 4) is 5.75 Å². The van der Waals surface area contributed by atoms with Crippen LogP contribution in [0.1, 0.15) is 32.3 Å². The van der Waals surface area contributed by atoms with E-state index in [0.29, 0.717) is 18.0 Å². The summed E-state index contributed by atoms with van der Waals surface area (Å²) in [5.74, 6) is 0.316. The SMILES string of the molecule is CC(C)(N(C(=O)[O-])c1ccc2c(c1)N(Cc1ccccc1)C[C@H](C(=O)C1CC1)O2)C(F)(F)F. The average Bonchev–Trinajstić information content (AvgIpc) is 3.58. The smallest absolute Gasteiger partial charge is 0.411 e. The zero-order valence-corrected chi connectivity index (χ0v) is 18.3. The largest absolute Gasteiger partial charge is 0.530 e. The molecule has 9 heteroatoms. The predicted molar refractivity (Wildman–Crippen MR) is 114 cm³/mol. The van der Waals surface area contributed by atoms with Crippen molar-refractivity contribution < 1.29 is 32.6 Å². The van der Waals surface area contributed by atoms with E-state index >= 15 is 0 Å². The van der Waals surface area contributed by atoms with Crippen LogP contribution in [0.3, 0.4) is 0 Å². The number of carbonyl (C=O) groups is 2. The fourth-order valence-electron chi connectivity index (χ4n) is 4.00. The number of anilines is 2. The van der Waals surface area contributed by atoms with E-state index in [1.54, 1.807) is 0 Å². The number of ketones is 1. The number of alkyl halides is 3. The minimum atomic E-state index is -4.83. The molecule has 1 aliphatic carbocycles. The van der Waals surface area contributed by atoms with Crippen molar-refractivity contribution in [1.29, 1.82) is 0 Å². The third kappa shape index (κ3) is 4.49. The molecule has 0 saturated heterocycles. The van der Waals surface area contributed by atoms with Gasteiger partial charge < -0.3 is 24.4 Å². The van der Waals surface area contributed by atoms with E-state index in [-0.39, 0.29) is 28.8 Å². The summed E-state index contributed by atoms with van der Waals surface area (Å²) < 4.78 is 46.9. The zero-order chi connectivity index (χ0) is 24.0. The molecule has 6 nitrogen and oxygen atoms in total. The Balaban J connectivity index is 1.74. The fraction of sp³-hybridized carbons (Fsp3) is 0.417. The summed E-state index contributed by atoms with van der Waals surface area (Å²) in [6, 6.07) is 13.4. The lowest BCUT2D eigenvalue weighted by atomic mass is 10.0. The summed E-state index contributed by atoms with van der Waals surface area (Å²) >= 11 is 0. The highest BCUT2D eigenvalue weighted by Gasteiger charge is 2.52. The zero-order valence-electron chi connectivity index (χ0n) is 18.3. The summed E-state index contributed by atoms with van der Waals surface area (Å²) in [4.78, 5) is 26.5. The first kappa shape index (κ1) is 22.9. The van der Waals surface area contributed by atoms with Crippen LogP contribution in [0, 0.1) is 5.92 Å². The molecule has 1 aliphatic heterocycles. The number of carboxylic acid groups (broad SMARTS) is 1. The van der Waals surface area contributed by atoms with Gasteiger partial charge in [-0.2, -0.15) is 13.2 Å². The molecule has 0 unspecified atom stereocenters. The predicted octanol–water partition coefficient (Wildman–Crippen LogP) is 3.92. The topological polar surface area (TPSA) is 72.9 Å². The quantitative estimate of drug-likeness (QED) is 0.652. The van der Waals surface area contributed by atoms with Gasteiger partial charge in [0.2, 0.25) is 0 Å². The van der Waals surface area contributed by atoms with E-state index in [4.69, 9.17) is 4.74 Å². The van der Waals surface area contributed by atoms with Gasteiger partial charge in [-0.05, 0) is 50.5 Å². The van der Waals surface area contributed by atoms with E-state index in [9.17, 15) is 27.9 Å². The number of nitrogens with zero attached hydrogens (tertiary/aromatic N) is 2. The first-order valence-corrected chi connectivity index (χ1v) is 10.7. The molecule has 2 aliphatic rings. The Hall–Kier alpha value is -3.23. The van der Waals surface area contributed by atoms with Crippen LogP contribution < -0.4 is 19.6 Å². The molecule has 1 heterocycles. The van der Waals surface area contributed by atoms with E-state index in [0.717, 1.165) is 32.3 Å². The lowest BCUT2D eigenvalue weighted by Gasteiger charge is -2.42. The maximum Gasteiger partial charge on any atom is 0.411 e. The molecule has 0 N–H and O–H groups in total. The molecular weight excluding hydrogens is 437 g/mol. The van der Waals surface area contributed by atoms with E-state index < -0.39 is 23.9 Å². The second-order valence-electron chi connectivity index (χ2n) is 8.96. The van der Waals surface area contributed by atoms with E-state index in [1.165, 1.54) is 18.2 Å². The van der Waals surface area contributed by atoms with Crippen LogP contribution in [0.5, 0.6) is 5.75 Å². The average molecular weight is 461 g/mol. The lowest BCUT2D eigenvalue weighted by molar-refractivity contribution is -0.254. The molecule has 2 aromatic rings. The van der Waals surface area contributed by atoms with Gasteiger partial charge in [-0.1, -0.05) is 30.3 Å². The number of halogens is 3. The van der Waals surface area contributed by atoms with Gasteiger partial charge >= 0.3 is 6.18 Å². The highest BCUT2D eigenvalue weighted by molar-refractivity contribution is 5.91. The standard InChI is InChI=1S/C24H25F3N2O4/c1-23(2,24(25,26)27)29(22(31)32)17-10-11-19-18(12-17)28(13-15-6-4-3-5-7-15)14-20(33-19)21(30)16-8-9-16/h3-7,10-12,16,20H,8-9,13-14H2,1-2H3,(H,31,32)/p-1/t20-/m1/s1. The number of fused-ring (bicyclic) bond motifs is 1. The molecule has 0 spiro atoms. The third-order valence-electron chi connectivity index (χ3n) is 6.15. The number of ether oxygens (including phenoxy) is 1. The van der Waals surface area contributed by atoms with Crippen LogP contribution in [0.15, 0.2) is 48.5 Å². The Bertz CT molecular complexity index is 1050. The fourth-order valence-corrected chi connectivity index (χ4v) is 4.00. The van der Waals surface area contributed by atoms with Crippen molar-refractivity contribution in [2.75, 3.05) is 16.3 Å². The summed E-state index contributed by atoms with van der Waals surface area (Å²) in [7, 11) is 0. The van der Waals surface area contributed by atoms with Crippen molar-refractivity contribution in [2.45, 2.75) is 51.1 Å². The molecular formula is C24H24F3N2O4-. The first-order chi connectivity index (χ1) is 15.5. The van der Waals surface area contributed by atoms with Gasteiger partial charge in [-0.25, -0.2) is 0 Å².